The summed E-state index contributed by atoms with van der Waals surface area (Å²) in [5, 5.41) is 3.02. The summed E-state index contributed by atoms with van der Waals surface area (Å²) in [5.41, 5.74) is 2.39. The van der Waals surface area contributed by atoms with Crippen molar-refractivity contribution in [3.05, 3.63) is 70.2 Å². The van der Waals surface area contributed by atoms with E-state index in [0.717, 1.165) is 15.6 Å². The third-order valence-corrected chi connectivity index (χ3v) is 4.62. The van der Waals surface area contributed by atoms with Gasteiger partial charge in [0.05, 0.1) is 20.3 Å². The Bertz CT molecular complexity index is 774. The molecular formula is C20H22BrNO3. The quantitative estimate of drug-likeness (QED) is 0.682. The number of amides is 1. The van der Waals surface area contributed by atoms with Crippen molar-refractivity contribution in [1.82, 2.24) is 5.32 Å². The van der Waals surface area contributed by atoms with Gasteiger partial charge in [-0.2, -0.15) is 0 Å². The van der Waals surface area contributed by atoms with Gasteiger partial charge in [-0.25, -0.2) is 0 Å². The van der Waals surface area contributed by atoms with Gasteiger partial charge in [0.25, 0.3) is 5.91 Å². The van der Waals surface area contributed by atoms with Crippen molar-refractivity contribution in [2.75, 3.05) is 14.2 Å². The van der Waals surface area contributed by atoms with Gasteiger partial charge >= 0.3 is 0 Å². The summed E-state index contributed by atoms with van der Waals surface area (Å²) in [7, 11) is 3.14. The molecule has 0 aliphatic rings. The number of allylic oxidation sites excluding steroid dienone is 1. The zero-order chi connectivity index (χ0) is 18.4. The summed E-state index contributed by atoms with van der Waals surface area (Å²) < 4.78 is 11.7. The Labute approximate surface area is 157 Å². The molecule has 2 aromatic rings. The van der Waals surface area contributed by atoms with E-state index in [4.69, 9.17) is 9.47 Å². The lowest BCUT2D eigenvalue weighted by atomic mass is 10.0. The van der Waals surface area contributed by atoms with Crippen LogP contribution < -0.4 is 14.8 Å². The van der Waals surface area contributed by atoms with Crippen LogP contribution >= 0.6 is 15.9 Å². The van der Waals surface area contributed by atoms with E-state index >= 15 is 0 Å². The molecule has 1 atom stereocenters. The molecule has 0 aliphatic heterocycles. The van der Waals surface area contributed by atoms with E-state index in [1.54, 1.807) is 26.4 Å². The first-order chi connectivity index (χ1) is 12.0. The van der Waals surface area contributed by atoms with Crippen LogP contribution in [-0.4, -0.2) is 20.1 Å². The van der Waals surface area contributed by atoms with Crippen molar-refractivity contribution in [3.63, 3.8) is 0 Å². The number of halogens is 1. The molecule has 0 aliphatic carbocycles. The van der Waals surface area contributed by atoms with Crippen LogP contribution in [0.5, 0.6) is 11.5 Å². The monoisotopic (exact) mass is 403 g/mol. The number of carbonyl (C=O) groups is 1. The number of nitrogens with one attached hydrogen (secondary N) is 1. The average Bonchev–Trinajstić information content (AvgIpc) is 2.61. The predicted octanol–water partition coefficient (Wildman–Crippen LogP) is 4.69. The molecule has 2 aromatic carbocycles. The number of carbonyl (C=O) groups excluding carboxylic acids is 1. The van der Waals surface area contributed by atoms with Crippen molar-refractivity contribution >= 4 is 21.8 Å². The van der Waals surface area contributed by atoms with E-state index in [-0.39, 0.29) is 11.9 Å². The maximum atomic E-state index is 12.7. The summed E-state index contributed by atoms with van der Waals surface area (Å²) in [5.74, 6) is 0.980. The zero-order valence-corrected chi connectivity index (χ0v) is 16.2. The van der Waals surface area contributed by atoms with Gasteiger partial charge in [-0.05, 0) is 37.1 Å². The normalized spacial score (nSPS) is 11.5. The number of hydrogen-bond donors (Lipinski definition) is 1. The highest BCUT2D eigenvalue weighted by Gasteiger charge is 2.18. The van der Waals surface area contributed by atoms with Crippen molar-refractivity contribution < 1.29 is 14.3 Å². The van der Waals surface area contributed by atoms with Gasteiger partial charge in [-0.3, -0.25) is 4.79 Å². The maximum absolute atomic E-state index is 12.7. The first-order valence-electron chi connectivity index (χ1n) is 7.92. The van der Waals surface area contributed by atoms with Gasteiger partial charge in [0.2, 0.25) is 0 Å². The van der Waals surface area contributed by atoms with Crippen molar-refractivity contribution in [1.29, 1.82) is 0 Å². The Balaban J connectivity index is 2.31. The van der Waals surface area contributed by atoms with Gasteiger partial charge in [0, 0.05) is 15.6 Å². The lowest BCUT2D eigenvalue weighted by Crippen LogP contribution is -2.27. The minimum atomic E-state index is -0.172. The van der Waals surface area contributed by atoms with Gasteiger partial charge in [-0.15, -0.1) is 6.58 Å². The van der Waals surface area contributed by atoms with Crippen LogP contribution in [-0.2, 0) is 6.42 Å². The number of methoxy groups -OCH3 is 2. The third-order valence-electron chi connectivity index (χ3n) is 3.90. The molecule has 1 N–H and O–H groups in total. The topological polar surface area (TPSA) is 47.6 Å². The fourth-order valence-corrected chi connectivity index (χ4v) is 3.29. The lowest BCUT2D eigenvalue weighted by molar-refractivity contribution is 0.0939. The number of ether oxygens (including phenoxy) is 2. The molecule has 0 fully saturated rings. The summed E-state index contributed by atoms with van der Waals surface area (Å²) in [6.45, 7) is 5.70. The Hall–Kier alpha value is -2.27. The fraction of sp³-hybridized carbons (Fsp3) is 0.250. The summed E-state index contributed by atoms with van der Waals surface area (Å²) in [4.78, 5) is 12.7. The first-order valence-corrected chi connectivity index (χ1v) is 8.72. The van der Waals surface area contributed by atoms with Crippen LogP contribution in [0.15, 0.2) is 53.5 Å². The molecule has 1 amide bonds. The summed E-state index contributed by atoms with van der Waals surface area (Å²) in [6, 6.07) is 11.2. The number of hydrogen-bond acceptors (Lipinski definition) is 3. The Morgan fingerprint density at radius 1 is 1.28 bits per heavy atom. The van der Waals surface area contributed by atoms with Gasteiger partial charge in [0.15, 0.2) is 11.5 Å². The molecule has 0 aromatic heterocycles. The van der Waals surface area contributed by atoms with Crippen LogP contribution in [0.3, 0.4) is 0 Å². The molecule has 5 heteroatoms. The van der Waals surface area contributed by atoms with Crippen LogP contribution in [0.1, 0.15) is 34.5 Å². The highest BCUT2D eigenvalue weighted by Crippen LogP contribution is 2.33. The summed E-state index contributed by atoms with van der Waals surface area (Å²) in [6.07, 6.45) is 2.35. The van der Waals surface area contributed by atoms with E-state index in [1.165, 1.54) is 0 Å². The van der Waals surface area contributed by atoms with Crippen LogP contribution in [0.25, 0.3) is 0 Å². The Kier molecular flexibility index (Phi) is 6.65. The molecule has 1 unspecified atom stereocenters. The van der Waals surface area contributed by atoms with Crippen molar-refractivity contribution in [2.45, 2.75) is 19.4 Å². The van der Waals surface area contributed by atoms with Crippen molar-refractivity contribution in [2.24, 2.45) is 0 Å². The zero-order valence-electron chi connectivity index (χ0n) is 14.6. The molecule has 25 heavy (non-hydrogen) atoms. The van der Waals surface area contributed by atoms with Crippen LogP contribution in [0, 0.1) is 0 Å². The second-order valence-corrected chi connectivity index (χ2v) is 6.43. The van der Waals surface area contributed by atoms with E-state index in [9.17, 15) is 4.79 Å². The van der Waals surface area contributed by atoms with Crippen LogP contribution in [0.2, 0.25) is 0 Å². The Morgan fingerprint density at radius 2 is 2.00 bits per heavy atom. The number of benzene rings is 2. The molecule has 0 radical (unpaired) electrons. The molecule has 0 spiro atoms. The lowest BCUT2D eigenvalue weighted by Gasteiger charge is -2.18. The molecular weight excluding hydrogens is 382 g/mol. The molecule has 0 heterocycles. The van der Waals surface area contributed by atoms with E-state index in [1.807, 2.05) is 37.3 Å². The minimum Gasteiger partial charge on any atom is -0.493 e. The van der Waals surface area contributed by atoms with E-state index < -0.39 is 0 Å². The van der Waals surface area contributed by atoms with E-state index in [2.05, 4.69) is 27.8 Å². The minimum absolute atomic E-state index is 0.140. The third kappa shape index (κ3) is 4.42. The largest absolute Gasteiger partial charge is 0.493 e. The predicted molar refractivity (Wildman–Crippen MR) is 103 cm³/mol. The smallest absolute Gasteiger partial charge is 0.251 e. The standard InChI is InChI=1S/C20H22BrNO3/c1-5-8-14-11-15(12-18(24-3)19(14)25-4)20(23)22-13(2)16-9-6-7-10-17(16)21/h5-7,9-13H,1,8H2,2-4H3,(H,22,23). The van der Waals surface area contributed by atoms with Gasteiger partial charge in [-0.1, -0.05) is 40.2 Å². The SMILES string of the molecule is C=CCc1cc(C(=O)NC(C)c2ccccc2Br)cc(OC)c1OC. The second kappa shape index (κ2) is 8.72. The molecule has 4 nitrogen and oxygen atoms in total. The van der Waals surface area contributed by atoms with Gasteiger partial charge in [0.1, 0.15) is 0 Å². The molecule has 0 saturated heterocycles. The Morgan fingerprint density at radius 3 is 2.60 bits per heavy atom. The van der Waals surface area contributed by atoms with Crippen LogP contribution in [0.4, 0.5) is 0 Å². The molecule has 132 valence electrons. The molecule has 2 rings (SSSR count). The highest BCUT2D eigenvalue weighted by molar-refractivity contribution is 9.10. The maximum Gasteiger partial charge on any atom is 0.251 e. The second-order valence-electron chi connectivity index (χ2n) is 5.58. The number of rotatable bonds is 7. The average molecular weight is 404 g/mol. The van der Waals surface area contributed by atoms with Crippen molar-refractivity contribution in [3.8, 4) is 11.5 Å². The van der Waals surface area contributed by atoms with Gasteiger partial charge < -0.3 is 14.8 Å². The fourth-order valence-electron chi connectivity index (χ4n) is 2.67. The first kappa shape index (κ1) is 19.1. The van der Waals surface area contributed by atoms with E-state index in [0.29, 0.717) is 23.5 Å². The molecule has 0 bridgehead atoms. The highest BCUT2D eigenvalue weighted by atomic mass is 79.9. The molecule has 0 saturated carbocycles. The summed E-state index contributed by atoms with van der Waals surface area (Å²) >= 11 is 3.52.